The topological polar surface area (TPSA) is 120 Å². The molecule has 2 aromatic heterocycles. The average Bonchev–Trinajstić information content (AvgIpc) is 3.59. The predicted octanol–water partition coefficient (Wildman–Crippen LogP) is 2.73. The SMILES string of the molecule is O=C(OCN1C(=O)c2ccccc2C1=O)/C(=C\c1ccco1)n1nnnc1-c1ccccc1. The molecule has 1 aliphatic rings. The highest BCUT2D eigenvalue weighted by Gasteiger charge is 2.36. The molecule has 2 amide bonds. The van der Waals surface area contributed by atoms with Crippen LogP contribution in [-0.2, 0) is 9.53 Å². The number of hydrogen-bond donors (Lipinski definition) is 0. The molecule has 10 nitrogen and oxygen atoms in total. The van der Waals surface area contributed by atoms with E-state index in [0.29, 0.717) is 17.1 Å². The van der Waals surface area contributed by atoms with Crippen LogP contribution >= 0.6 is 0 Å². The van der Waals surface area contributed by atoms with Gasteiger partial charge in [0.15, 0.2) is 18.3 Å². The van der Waals surface area contributed by atoms with Crippen LogP contribution in [0.5, 0.6) is 0 Å². The lowest BCUT2D eigenvalue weighted by Gasteiger charge is -2.15. The summed E-state index contributed by atoms with van der Waals surface area (Å²) < 4.78 is 11.9. The Morgan fingerprint density at radius 3 is 2.30 bits per heavy atom. The molecule has 4 aromatic rings. The number of amides is 2. The Hall–Kier alpha value is -4.86. The Bertz CT molecular complexity index is 1340. The van der Waals surface area contributed by atoms with Gasteiger partial charge in [-0.15, -0.1) is 5.10 Å². The van der Waals surface area contributed by atoms with Crippen molar-refractivity contribution in [1.29, 1.82) is 0 Å². The first-order chi connectivity index (χ1) is 16.1. The molecular weight excluding hydrogens is 426 g/mol. The summed E-state index contributed by atoms with van der Waals surface area (Å²) in [6, 6.07) is 18.8. The first kappa shape index (κ1) is 20.1. The van der Waals surface area contributed by atoms with Crippen LogP contribution in [0.25, 0.3) is 23.2 Å². The third kappa shape index (κ3) is 3.69. The lowest BCUT2D eigenvalue weighted by molar-refractivity contribution is -0.139. The molecule has 0 aliphatic carbocycles. The van der Waals surface area contributed by atoms with E-state index in [1.807, 2.05) is 18.2 Å². The van der Waals surface area contributed by atoms with E-state index in [-0.39, 0.29) is 16.8 Å². The molecule has 1 aliphatic heterocycles. The van der Waals surface area contributed by atoms with Gasteiger partial charge in [-0.05, 0) is 34.7 Å². The number of rotatable bonds is 6. The number of tetrazole rings is 1. The zero-order valence-corrected chi connectivity index (χ0v) is 17.0. The van der Waals surface area contributed by atoms with Crippen LogP contribution in [0.4, 0.5) is 0 Å². The molecule has 0 radical (unpaired) electrons. The fourth-order valence-corrected chi connectivity index (χ4v) is 3.38. The molecule has 0 spiro atoms. The van der Waals surface area contributed by atoms with Crippen LogP contribution in [0, 0.1) is 0 Å². The summed E-state index contributed by atoms with van der Waals surface area (Å²) in [4.78, 5) is 39.1. The number of aromatic nitrogens is 4. The van der Waals surface area contributed by atoms with Crippen LogP contribution in [0.1, 0.15) is 26.5 Å². The molecule has 162 valence electrons. The van der Waals surface area contributed by atoms with E-state index in [0.717, 1.165) is 4.90 Å². The third-order valence-corrected chi connectivity index (χ3v) is 4.96. The van der Waals surface area contributed by atoms with Gasteiger partial charge in [0.1, 0.15) is 5.76 Å². The molecule has 2 aromatic carbocycles. The minimum Gasteiger partial charge on any atom is -0.465 e. The molecule has 0 bridgehead atoms. The normalized spacial score (nSPS) is 13.3. The Morgan fingerprint density at radius 2 is 1.64 bits per heavy atom. The summed E-state index contributed by atoms with van der Waals surface area (Å²) in [5, 5.41) is 11.6. The number of ether oxygens (including phenoxy) is 1. The lowest BCUT2D eigenvalue weighted by Crippen LogP contribution is -2.33. The Balaban J connectivity index is 1.44. The number of carbonyl (C=O) groups excluding carboxylic acids is 3. The molecule has 0 fully saturated rings. The highest BCUT2D eigenvalue weighted by Crippen LogP contribution is 2.24. The fraction of sp³-hybridized carbons (Fsp3) is 0.0435. The molecule has 0 saturated carbocycles. The van der Waals surface area contributed by atoms with Gasteiger partial charge < -0.3 is 9.15 Å². The lowest BCUT2D eigenvalue weighted by atomic mass is 10.1. The standard InChI is InChI=1S/C23H15N5O5/c29-21-17-10-4-5-11-18(17)22(30)27(21)14-33-23(31)19(13-16-9-6-12-32-16)28-20(24-25-26-28)15-7-2-1-3-8-15/h1-13H,14H2/b19-13+. The smallest absolute Gasteiger partial charge is 0.359 e. The molecule has 0 N–H and O–H groups in total. The number of carbonyl (C=O) groups is 3. The number of nitrogens with zero attached hydrogens (tertiary/aromatic N) is 5. The highest BCUT2D eigenvalue weighted by molar-refractivity contribution is 6.21. The van der Waals surface area contributed by atoms with Gasteiger partial charge in [0.2, 0.25) is 0 Å². The fourth-order valence-electron chi connectivity index (χ4n) is 3.38. The van der Waals surface area contributed by atoms with E-state index in [4.69, 9.17) is 9.15 Å². The van der Waals surface area contributed by atoms with Gasteiger partial charge in [-0.3, -0.25) is 9.59 Å². The minimum atomic E-state index is -0.854. The summed E-state index contributed by atoms with van der Waals surface area (Å²) >= 11 is 0. The minimum absolute atomic E-state index is 0.0644. The van der Waals surface area contributed by atoms with Crippen molar-refractivity contribution in [2.24, 2.45) is 0 Å². The van der Waals surface area contributed by atoms with Crippen molar-refractivity contribution in [1.82, 2.24) is 25.1 Å². The van der Waals surface area contributed by atoms with Crippen molar-refractivity contribution >= 4 is 29.6 Å². The van der Waals surface area contributed by atoms with Gasteiger partial charge in [0.25, 0.3) is 11.8 Å². The van der Waals surface area contributed by atoms with Crippen LogP contribution in [0.2, 0.25) is 0 Å². The zero-order valence-electron chi connectivity index (χ0n) is 17.0. The van der Waals surface area contributed by atoms with E-state index in [2.05, 4.69) is 15.5 Å². The molecule has 0 atom stereocenters. The van der Waals surface area contributed by atoms with Gasteiger partial charge in [-0.2, -0.15) is 4.68 Å². The molecule has 0 unspecified atom stereocenters. The Labute approximate surface area is 186 Å². The second kappa shape index (κ2) is 8.35. The van der Waals surface area contributed by atoms with Crippen LogP contribution in [0.15, 0.2) is 77.4 Å². The predicted molar refractivity (Wildman–Crippen MR) is 114 cm³/mol. The van der Waals surface area contributed by atoms with E-state index in [1.165, 1.54) is 17.0 Å². The summed E-state index contributed by atoms with van der Waals surface area (Å²) in [5.74, 6) is -1.27. The number of imide groups is 1. The van der Waals surface area contributed by atoms with Gasteiger partial charge in [-0.1, -0.05) is 42.5 Å². The van der Waals surface area contributed by atoms with Crippen LogP contribution < -0.4 is 0 Å². The maximum absolute atomic E-state index is 13.1. The average molecular weight is 441 g/mol. The Morgan fingerprint density at radius 1 is 0.939 bits per heavy atom. The summed E-state index contributed by atoms with van der Waals surface area (Å²) in [6.45, 7) is -0.566. The second-order valence-corrected chi connectivity index (χ2v) is 6.97. The number of fused-ring (bicyclic) bond motifs is 1. The molecule has 5 rings (SSSR count). The summed E-state index contributed by atoms with van der Waals surface area (Å²) in [7, 11) is 0. The van der Waals surface area contributed by atoms with Gasteiger partial charge in [0, 0.05) is 11.6 Å². The highest BCUT2D eigenvalue weighted by atomic mass is 16.5. The summed E-state index contributed by atoms with van der Waals surface area (Å²) in [6.07, 6.45) is 2.86. The van der Waals surface area contributed by atoms with Crippen molar-refractivity contribution in [2.45, 2.75) is 0 Å². The van der Waals surface area contributed by atoms with Gasteiger partial charge in [0.05, 0.1) is 17.4 Å². The largest absolute Gasteiger partial charge is 0.465 e. The number of esters is 1. The number of hydrogen-bond acceptors (Lipinski definition) is 8. The first-order valence-electron chi connectivity index (χ1n) is 9.85. The summed E-state index contributed by atoms with van der Waals surface area (Å²) in [5.41, 5.74) is 1.12. The van der Waals surface area contributed by atoms with Gasteiger partial charge >= 0.3 is 5.97 Å². The molecular formula is C23H15N5O5. The third-order valence-electron chi connectivity index (χ3n) is 4.96. The first-order valence-corrected chi connectivity index (χ1v) is 9.85. The number of benzene rings is 2. The van der Waals surface area contributed by atoms with E-state index < -0.39 is 24.5 Å². The molecule has 0 saturated heterocycles. The van der Waals surface area contributed by atoms with E-state index >= 15 is 0 Å². The van der Waals surface area contributed by atoms with Crippen LogP contribution in [0.3, 0.4) is 0 Å². The maximum Gasteiger partial charge on any atom is 0.359 e. The van der Waals surface area contributed by atoms with Crippen molar-refractivity contribution in [3.63, 3.8) is 0 Å². The van der Waals surface area contributed by atoms with E-state index in [1.54, 1.807) is 48.5 Å². The van der Waals surface area contributed by atoms with Crippen molar-refractivity contribution in [3.8, 4) is 11.4 Å². The molecule has 3 heterocycles. The maximum atomic E-state index is 13.1. The van der Waals surface area contributed by atoms with Crippen molar-refractivity contribution in [3.05, 3.63) is 89.9 Å². The van der Waals surface area contributed by atoms with Crippen LogP contribution in [-0.4, -0.2) is 49.6 Å². The quantitative estimate of drug-likeness (QED) is 0.254. The van der Waals surface area contributed by atoms with Crippen molar-refractivity contribution in [2.75, 3.05) is 6.73 Å². The molecule has 10 heteroatoms. The monoisotopic (exact) mass is 441 g/mol. The number of furan rings is 1. The van der Waals surface area contributed by atoms with Gasteiger partial charge in [-0.25, -0.2) is 9.69 Å². The second-order valence-electron chi connectivity index (χ2n) is 6.97. The zero-order chi connectivity index (χ0) is 22.8. The Kier molecular flexibility index (Phi) is 5.07. The molecule has 33 heavy (non-hydrogen) atoms. The van der Waals surface area contributed by atoms with Crippen molar-refractivity contribution < 1.29 is 23.5 Å². The van der Waals surface area contributed by atoms with E-state index in [9.17, 15) is 14.4 Å².